The van der Waals surface area contributed by atoms with E-state index in [0.29, 0.717) is 36.5 Å². The maximum atomic E-state index is 8.93. The van der Waals surface area contributed by atoms with Crippen molar-refractivity contribution < 1.29 is 5.11 Å². The molecule has 0 amide bonds. The van der Waals surface area contributed by atoms with E-state index in [2.05, 4.69) is 26.3 Å². The van der Waals surface area contributed by atoms with Crippen molar-refractivity contribution in [2.45, 2.75) is 19.9 Å². The number of hydrogen-bond acceptors (Lipinski definition) is 6. The molecule has 0 aromatic carbocycles. The Balaban J connectivity index is 2.18. The Bertz CT molecular complexity index is 654. The number of nitriles is 1. The van der Waals surface area contributed by atoms with Gasteiger partial charge < -0.3 is 15.0 Å². The second-order valence-corrected chi connectivity index (χ2v) is 4.33. The highest BCUT2D eigenvalue weighted by Crippen LogP contribution is 2.17. The fraction of sp³-hybridized carbons (Fsp3) is 0.385. The van der Waals surface area contributed by atoms with Crippen LogP contribution in [0.15, 0.2) is 24.3 Å². The predicted octanol–water partition coefficient (Wildman–Crippen LogP) is 1.09. The summed E-state index contributed by atoms with van der Waals surface area (Å²) in [5.41, 5.74) is 2.28. The zero-order valence-corrected chi connectivity index (χ0v) is 11.2. The quantitative estimate of drug-likeness (QED) is 0.764. The summed E-state index contributed by atoms with van der Waals surface area (Å²) < 4.78 is 1.83. The molecule has 0 unspecified atom stereocenters. The van der Waals surface area contributed by atoms with Gasteiger partial charge in [0.15, 0.2) is 11.5 Å². The summed E-state index contributed by atoms with van der Waals surface area (Å²) in [5, 5.41) is 20.7. The van der Waals surface area contributed by atoms with Crippen molar-refractivity contribution in [1.29, 1.82) is 5.26 Å². The van der Waals surface area contributed by atoms with E-state index in [0.717, 1.165) is 5.57 Å². The van der Waals surface area contributed by atoms with Crippen LogP contribution in [0.4, 0.5) is 5.82 Å². The van der Waals surface area contributed by atoms with Crippen LogP contribution in [0.3, 0.4) is 0 Å². The highest BCUT2D eigenvalue weighted by atomic mass is 16.3. The van der Waals surface area contributed by atoms with Gasteiger partial charge >= 0.3 is 0 Å². The number of rotatable bonds is 6. The molecule has 7 nitrogen and oxygen atoms in total. The number of hydrogen-bond donors (Lipinski definition) is 2. The summed E-state index contributed by atoms with van der Waals surface area (Å²) in [6.07, 6.45) is 5.44. The van der Waals surface area contributed by atoms with Crippen LogP contribution in [0, 0.1) is 11.3 Å². The van der Waals surface area contributed by atoms with E-state index in [4.69, 9.17) is 10.4 Å². The number of imidazole rings is 1. The third-order valence-electron chi connectivity index (χ3n) is 2.84. The van der Waals surface area contributed by atoms with Crippen molar-refractivity contribution in [1.82, 2.24) is 19.5 Å². The lowest BCUT2D eigenvalue weighted by atomic mass is 10.3. The largest absolute Gasteiger partial charge is 0.392 e. The van der Waals surface area contributed by atoms with Crippen LogP contribution in [0.25, 0.3) is 11.2 Å². The van der Waals surface area contributed by atoms with Gasteiger partial charge in [-0.1, -0.05) is 11.6 Å². The number of aliphatic hydroxyl groups is 1. The van der Waals surface area contributed by atoms with Crippen LogP contribution in [-0.2, 0) is 6.54 Å². The predicted molar refractivity (Wildman–Crippen MR) is 74.9 cm³/mol. The maximum Gasteiger partial charge on any atom is 0.165 e. The molecule has 0 aliphatic heterocycles. The average molecular weight is 272 g/mol. The van der Waals surface area contributed by atoms with Crippen LogP contribution in [0.2, 0.25) is 0 Å². The molecule has 2 heterocycles. The van der Waals surface area contributed by atoms with E-state index < -0.39 is 0 Å². The first-order chi connectivity index (χ1) is 9.76. The molecule has 0 saturated heterocycles. The highest BCUT2D eigenvalue weighted by molar-refractivity contribution is 5.82. The topological polar surface area (TPSA) is 99.7 Å². The lowest BCUT2D eigenvalue weighted by Gasteiger charge is -2.04. The Morgan fingerprint density at radius 1 is 1.50 bits per heavy atom. The van der Waals surface area contributed by atoms with E-state index in [1.807, 2.05) is 17.6 Å². The Morgan fingerprint density at radius 2 is 2.35 bits per heavy atom. The third-order valence-corrected chi connectivity index (χ3v) is 2.84. The molecule has 0 spiro atoms. The number of aliphatic hydroxyl groups excluding tert-OH is 1. The SMILES string of the molecule is C/C(=C\CNc1ncnc2c1ncn2CCC#N)CO. The van der Waals surface area contributed by atoms with Gasteiger partial charge in [0.05, 0.1) is 25.4 Å². The zero-order chi connectivity index (χ0) is 14.4. The van der Waals surface area contributed by atoms with E-state index in [1.165, 1.54) is 6.33 Å². The normalized spacial score (nSPS) is 11.6. The van der Waals surface area contributed by atoms with Gasteiger partial charge in [-0.25, -0.2) is 15.0 Å². The number of anilines is 1. The molecule has 0 fully saturated rings. The molecule has 0 aliphatic rings. The summed E-state index contributed by atoms with van der Waals surface area (Å²) in [4.78, 5) is 12.7. The summed E-state index contributed by atoms with van der Waals surface area (Å²) in [6, 6.07) is 2.10. The van der Waals surface area contributed by atoms with Crippen molar-refractivity contribution in [3.8, 4) is 6.07 Å². The van der Waals surface area contributed by atoms with Gasteiger partial charge in [0, 0.05) is 13.1 Å². The molecule has 2 rings (SSSR count). The smallest absolute Gasteiger partial charge is 0.165 e. The molecule has 0 saturated carbocycles. The van der Waals surface area contributed by atoms with Crippen LogP contribution in [-0.4, -0.2) is 37.8 Å². The van der Waals surface area contributed by atoms with Gasteiger partial charge in [-0.2, -0.15) is 5.26 Å². The minimum Gasteiger partial charge on any atom is -0.392 e. The van der Waals surface area contributed by atoms with Crippen LogP contribution in [0.1, 0.15) is 13.3 Å². The molecular weight excluding hydrogens is 256 g/mol. The van der Waals surface area contributed by atoms with Crippen LogP contribution >= 0.6 is 0 Å². The van der Waals surface area contributed by atoms with E-state index in [-0.39, 0.29) is 6.61 Å². The average Bonchev–Trinajstić information content (AvgIpc) is 2.89. The summed E-state index contributed by atoms with van der Waals surface area (Å²) >= 11 is 0. The molecule has 0 radical (unpaired) electrons. The molecule has 104 valence electrons. The molecule has 2 aromatic heterocycles. The minimum atomic E-state index is 0.0453. The molecule has 7 heteroatoms. The van der Waals surface area contributed by atoms with Crippen molar-refractivity contribution in [3.05, 3.63) is 24.3 Å². The molecule has 20 heavy (non-hydrogen) atoms. The Hall–Kier alpha value is -2.46. The van der Waals surface area contributed by atoms with Crippen LogP contribution in [0.5, 0.6) is 0 Å². The Kier molecular flexibility index (Phi) is 4.63. The number of aryl methyl sites for hydroxylation is 1. The number of aromatic nitrogens is 4. The minimum absolute atomic E-state index is 0.0453. The first-order valence-corrected chi connectivity index (χ1v) is 6.29. The van der Waals surface area contributed by atoms with E-state index in [9.17, 15) is 0 Å². The second-order valence-electron chi connectivity index (χ2n) is 4.33. The summed E-state index contributed by atoms with van der Waals surface area (Å²) in [5.74, 6) is 0.646. The number of nitrogens with zero attached hydrogens (tertiary/aromatic N) is 5. The number of fused-ring (bicyclic) bond motifs is 1. The molecular formula is C13H16N6O. The lowest BCUT2D eigenvalue weighted by Crippen LogP contribution is -2.04. The maximum absolute atomic E-state index is 8.93. The fourth-order valence-electron chi connectivity index (χ4n) is 1.73. The third kappa shape index (κ3) is 3.10. The van der Waals surface area contributed by atoms with Crippen molar-refractivity contribution in [2.24, 2.45) is 0 Å². The highest BCUT2D eigenvalue weighted by Gasteiger charge is 2.08. The summed E-state index contributed by atoms with van der Waals surface area (Å²) in [6.45, 7) is 3.02. The monoisotopic (exact) mass is 272 g/mol. The number of nitrogens with one attached hydrogen (secondary N) is 1. The zero-order valence-electron chi connectivity index (χ0n) is 11.2. The standard InChI is InChI=1S/C13H16N6O/c1-10(7-20)3-5-15-12-11-13(17-8-16-12)19(9-18-11)6-2-4-14/h3,8-9,20H,2,5-7H2,1H3,(H,15,16,17)/b10-3+. The fourth-order valence-corrected chi connectivity index (χ4v) is 1.73. The van der Waals surface area contributed by atoms with Gasteiger partial charge in [0.2, 0.25) is 0 Å². The second kappa shape index (κ2) is 6.63. The summed E-state index contributed by atoms with van der Waals surface area (Å²) in [7, 11) is 0. The molecule has 2 aromatic rings. The van der Waals surface area contributed by atoms with Gasteiger partial charge in [-0.05, 0) is 6.92 Å². The van der Waals surface area contributed by atoms with Crippen molar-refractivity contribution in [3.63, 3.8) is 0 Å². The van der Waals surface area contributed by atoms with E-state index >= 15 is 0 Å². The van der Waals surface area contributed by atoms with Crippen LogP contribution < -0.4 is 5.32 Å². The van der Waals surface area contributed by atoms with Gasteiger partial charge in [0.1, 0.15) is 11.8 Å². The Labute approximate surface area is 116 Å². The van der Waals surface area contributed by atoms with Gasteiger partial charge in [-0.3, -0.25) is 0 Å². The molecule has 0 bridgehead atoms. The first-order valence-electron chi connectivity index (χ1n) is 6.29. The molecule has 0 atom stereocenters. The van der Waals surface area contributed by atoms with E-state index in [1.54, 1.807) is 6.33 Å². The van der Waals surface area contributed by atoms with Gasteiger partial charge in [-0.15, -0.1) is 0 Å². The van der Waals surface area contributed by atoms with Crippen molar-refractivity contribution in [2.75, 3.05) is 18.5 Å². The van der Waals surface area contributed by atoms with Crippen molar-refractivity contribution >= 4 is 17.0 Å². The molecule has 2 N–H and O–H groups in total. The Morgan fingerprint density at radius 3 is 3.10 bits per heavy atom. The van der Waals surface area contributed by atoms with Gasteiger partial charge in [0.25, 0.3) is 0 Å². The molecule has 0 aliphatic carbocycles. The lowest BCUT2D eigenvalue weighted by molar-refractivity contribution is 0.331. The first kappa shape index (κ1) is 14.0.